The third kappa shape index (κ3) is 8.80. The van der Waals surface area contributed by atoms with Crippen LogP contribution in [0, 0.1) is 12.7 Å². The highest BCUT2D eigenvalue weighted by molar-refractivity contribution is 7.92. The van der Waals surface area contributed by atoms with Crippen molar-refractivity contribution in [3.05, 3.63) is 126 Å². The molecule has 1 atom stereocenters. The van der Waals surface area contributed by atoms with Crippen molar-refractivity contribution < 1.29 is 27.1 Å². The van der Waals surface area contributed by atoms with Gasteiger partial charge in [0.2, 0.25) is 11.8 Å². The Bertz CT molecular complexity index is 1760. The maximum absolute atomic E-state index is 14.6. The van der Waals surface area contributed by atoms with E-state index < -0.39 is 34.3 Å². The first-order valence-electron chi connectivity index (χ1n) is 16.3. The van der Waals surface area contributed by atoms with E-state index >= 15 is 0 Å². The summed E-state index contributed by atoms with van der Waals surface area (Å²) in [7, 11) is -4.23. The molecule has 48 heavy (non-hydrogen) atoms. The van der Waals surface area contributed by atoms with Gasteiger partial charge in [-0.3, -0.25) is 13.9 Å². The molecule has 252 valence electrons. The molecule has 0 heterocycles. The number of halogens is 1. The van der Waals surface area contributed by atoms with Crippen molar-refractivity contribution in [2.75, 3.05) is 17.5 Å². The van der Waals surface area contributed by atoms with E-state index in [1.807, 2.05) is 44.2 Å². The van der Waals surface area contributed by atoms with Crippen LogP contribution in [0.2, 0.25) is 0 Å². The fourth-order valence-corrected chi connectivity index (χ4v) is 7.36. The molecule has 2 amide bonds. The topological polar surface area (TPSA) is 96.0 Å². The molecule has 0 bridgehead atoms. The summed E-state index contributed by atoms with van der Waals surface area (Å²) >= 11 is 0. The number of benzene rings is 4. The lowest BCUT2D eigenvalue weighted by Crippen LogP contribution is -2.54. The van der Waals surface area contributed by atoms with Crippen LogP contribution in [0.5, 0.6) is 5.75 Å². The van der Waals surface area contributed by atoms with Crippen LogP contribution in [-0.2, 0) is 32.6 Å². The second kappa shape index (κ2) is 15.9. The van der Waals surface area contributed by atoms with Crippen molar-refractivity contribution >= 4 is 27.5 Å². The molecule has 0 unspecified atom stereocenters. The molecular formula is C38H42FN3O5S. The maximum atomic E-state index is 14.6. The summed E-state index contributed by atoms with van der Waals surface area (Å²) in [6.45, 7) is 3.54. The van der Waals surface area contributed by atoms with Crippen LogP contribution in [0.4, 0.5) is 10.1 Å². The first-order valence-corrected chi connectivity index (χ1v) is 17.8. The van der Waals surface area contributed by atoms with Crippen LogP contribution in [-0.4, -0.2) is 50.4 Å². The van der Waals surface area contributed by atoms with Crippen molar-refractivity contribution in [3.8, 4) is 5.75 Å². The van der Waals surface area contributed by atoms with E-state index in [0.717, 1.165) is 41.1 Å². The summed E-state index contributed by atoms with van der Waals surface area (Å²) in [4.78, 5) is 30.2. The van der Waals surface area contributed by atoms with Gasteiger partial charge >= 0.3 is 0 Å². The Labute approximate surface area is 282 Å². The molecule has 1 saturated carbocycles. The van der Waals surface area contributed by atoms with Gasteiger partial charge in [0.15, 0.2) is 0 Å². The highest BCUT2D eigenvalue weighted by atomic mass is 32.2. The number of sulfonamides is 1. The Morgan fingerprint density at radius 2 is 1.52 bits per heavy atom. The van der Waals surface area contributed by atoms with Crippen LogP contribution in [0.15, 0.2) is 108 Å². The number of carbonyl (C=O) groups is 2. The lowest BCUT2D eigenvalue weighted by molar-refractivity contribution is -0.140. The first-order chi connectivity index (χ1) is 23.1. The quantitative estimate of drug-likeness (QED) is 0.167. The Morgan fingerprint density at radius 3 is 2.15 bits per heavy atom. The Kier molecular flexibility index (Phi) is 11.5. The fraction of sp³-hybridized carbons (Fsp3) is 0.316. The summed E-state index contributed by atoms with van der Waals surface area (Å²) < 4.78 is 49.0. The molecule has 4 aromatic rings. The van der Waals surface area contributed by atoms with Crippen molar-refractivity contribution in [3.63, 3.8) is 0 Å². The second-order valence-corrected chi connectivity index (χ2v) is 14.0. The van der Waals surface area contributed by atoms with Gasteiger partial charge in [-0.15, -0.1) is 0 Å². The minimum atomic E-state index is -4.23. The van der Waals surface area contributed by atoms with E-state index in [1.54, 1.807) is 48.5 Å². The molecule has 0 spiro atoms. The lowest BCUT2D eigenvalue weighted by atomic mass is 10.0. The summed E-state index contributed by atoms with van der Waals surface area (Å²) in [5, 5.41) is 3.16. The van der Waals surface area contributed by atoms with E-state index in [2.05, 4.69) is 5.32 Å². The largest absolute Gasteiger partial charge is 0.494 e. The Balaban J connectivity index is 1.56. The predicted molar refractivity (Wildman–Crippen MR) is 185 cm³/mol. The molecule has 8 nitrogen and oxygen atoms in total. The predicted octanol–water partition coefficient (Wildman–Crippen LogP) is 6.43. The molecular weight excluding hydrogens is 629 g/mol. The zero-order chi connectivity index (χ0) is 34.1. The normalized spacial score (nSPS) is 13.9. The number of nitrogens with zero attached hydrogens (tertiary/aromatic N) is 2. The molecule has 1 aliphatic rings. The number of carbonyl (C=O) groups excluding carboxylic acids is 2. The Hall–Kier alpha value is -4.70. The van der Waals surface area contributed by atoms with E-state index in [-0.39, 0.29) is 35.5 Å². The lowest BCUT2D eigenvalue weighted by Gasteiger charge is -2.34. The van der Waals surface area contributed by atoms with Crippen molar-refractivity contribution in [1.82, 2.24) is 10.2 Å². The third-order valence-electron chi connectivity index (χ3n) is 8.56. The van der Waals surface area contributed by atoms with Crippen molar-refractivity contribution in [1.29, 1.82) is 0 Å². The van der Waals surface area contributed by atoms with Gasteiger partial charge in [-0.25, -0.2) is 12.8 Å². The van der Waals surface area contributed by atoms with Gasteiger partial charge in [-0.2, -0.15) is 0 Å². The molecule has 10 heteroatoms. The maximum Gasteiger partial charge on any atom is 0.264 e. The zero-order valence-electron chi connectivity index (χ0n) is 27.3. The fourth-order valence-electron chi connectivity index (χ4n) is 5.95. The SMILES string of the molecule is CCOc1ccc(N(CC(=O)N(Cc2ccc(F)cc2)[C@H](Cc2ccccc2)C(=O)NC2CCCC2)S(=O)(=O)c2ccc(C)cc2)cc1. The molecule has 1 fully saturated rings. The molecule has 4 aromatic carbocycles. The van der Waals surface area contributed by atoms with Gasteiger partial charge in [0, 0.05) is 19.0 Å². The summed E-state index contributed by atoms with van der Waals surface area (Å²) in [5.74, 6) is -0.756. The van der Waals surface area contributed by atoms with Gasteiger partial charge in [-0.05, 0) is 86.3 Å². The number of hydrogen-bond acceptors (Lipinski definition) is 5. The van der Waals surface area contributed by atoms with Crippen molar-refractivity contribution in [2.24, 2.45) is 0 Å². The van der Waals surface area contributed by atoms with Crippen LogP contribution in [0.1, 0.15) is 49.3 Å². The number of aryl methyl sites for hydroxylation is 1. The van der Waals surface area contributed by atoms with Gasteiger partial charge in [0.05, 0.1) is 17.2 Å². The highest BCUT2D eigenvalue weighted by Gasteiger charge is 2.35. The number of amides is 2. The summed E-state index contributed by atoms with van der Waals surface area (Å²) in [6.07, 6.45) is 3.95. The standard InChI is InChI=1S/C38H42FN3O5S/c1-3-47-34-21-19-33(20-22-34)42(48(45,46)35-23-13-28(2)14-24-35)27-37(43)41(26-30-15-17-31(39)18-16-30)36(25-29-9-5-4-6-10-29)38(44)40-32-11-7-8-12-32/h4-6,9-10,13-24,32,36H,3,7-8,11-12,25-27H2,1-2H3,(H,40,44)/t36-/m1/s1. The van der Waals surface area contributed by atoms with E-state index in [0.29, 0.717) is 17.9 Å². The monoisotopic (exact) mass is 671 g/mol. The highest BCUT2D eigenvalue weighted by Crippen LogP contribution is 2.28. The molecule has 0 aliphatic heterocycles. The molecule has 0 aromatic heterocycles. The Morgan fingerprint density at radius 1 is 0.875 bits per heavy atom. The second-order valence-electron chi connectivity index (χ2n) is 12.1. The van der Waals surface area contributed by atoms with Crippen LogP contribution < -0.4 is 14.4 Å². The summed E-state index contributed by atoms with van der Waals surface area (Å²) in [5.41, 5.74) is 2.60. The minimum absolute atomic E-state index is 0.000754. The van der Waals surface area contributed by atoms with Crippen LogP contribution in [0.25, 0.3) is 0 Å². The summed E-state index contributed by atoms with van der Waals surface area (Å²) in [6, 6.07) is 27.1. The molecule has 0 radical (unpaired) electrons. The smallest absolute Gasteiger partial charge is 0.264 e. The minimum Gasteiger partial charge on any atom is -0.494 e. The average molecular weight is 672 g/mol. The van der Waals surface area contributed by atoms with E-state index in [9.17, 15) is 22.4 Å². The van der Waals surface area contributed by atoms with Gasteiger partial charge in [0.25, 0.3) is 10.0 Å². The van der Waals surface area contributed by atoms with E-state index in [1.165, 1.54) is 29.2 Å². The van der Waals surface area contributed by atoms with E-state index in [4.69, 9.17) is 4.74 Å². The van der Waals surface area contributed by atoms with Crippen LogP contribution in [0.3, 0.4) is 0 Å². The van der Waals surface area contributed by atoms with Crippen LogP contribution >= 0.6 is 0 Å². The van der Waals surface area contributed by atoms with Gasteiger partial charge < -0.3 is 15.0 Å². The average Bonchev–Trinajstić information content (AvgIpc) is 3.60. The molecule has 5 rings (SSSR count). The number of anilines is 1. The number of nitrogens with one attached hydrogen (secondary N) is 1. The number of ether oxygens (including phenoxy) is 1. The number of rotatable bonds is 14. The zero-order valence-corrected chi connectivity index (χ0v) is 28.2. The van der Waals surface area contributed by atoms with Gasteiger partial charge in [-0.1, -0.05) is 73.0 Å². The van der Waals surface area contributed by atoms with Crippen molar-refractivity contribution in [2.45, 2.75) is 69.5 Å². The third-order valence-corrected chi connectivity index (χ3v) is 10.4. The number of hydrogen-bond donors (Lipinski definition) is 1. The van der Waals surface area contributed by atoms with Gasteiger partial charge in [0.1, 0.15) is 24.2 Å². The molecule has 1 aliphatic carbocycles. The molecule has 1 N–H and O–H groups in total. The first kappa shape index (κ1) is 34.6. The molecule has 0 saturated heterocycles.